The molecule has 0 aliphatic carbocycles. The van der Waals surface area contributed by atoms with Crippen molar-refractivity contribution in [1.82, 2.24) is 9.97 Å². The Morgan fingerprint density at radius 1 is 1.12 bits per heavy atom. The Morgan fingerprint density at radius 3 is 2.50 bits per heavy atom. The molecule has 0 saturated carbocycles. The van der Waals surface area contributed by atoms with E-state index >= 15 is 0 Å². The van der Waals surface area contributed by atoms with Gasteiger partial charge in [-0.05, 0) is 24.5 Å². The minimum absolute atomic E-state index is 0.304. The first-order valence-electron chi connectivity index (χ1n) is 8.45. The zero-order valence-electron chi connectivity index (χ0n) is 14.5. The molecule has 0 aliphatic heterocycles. The van der Waals surface area contributed by atoms with E-state index in [1.54, 1.807) is 0 Å². The number of nitrogen functional groups attached to an aromatic ring is 1. The lowest BCUT2D eigenvalue weighted by molar-refractivity contribution is 0.741. The largest absolute Gasteiger partial charge is 0.370 e. The molecule has 0 fully saturated rings. The number of aromatic nitrogens is 2. The molecule has 0 unspecified atom stereocenters. The van der Waals surface area contributed by atoms with Crippen LogP contribution in [0.5, 0.6) is 0 Å². The van der Waals surface area contributed by atoms with E-state index in [1.807, 2.05) is 19.1 Å². The number of benzene rings is 1. The number of unbranched alkanes of at least 4 members (excludes halogenated alkanes) is 2. The Kier molecular flexibility index (Phi) is 6.56. The summed E-state index contributed by atoms with van der Waals surface area (Å²) >= 11 is 0. The lowest BCUT2D eigenvalue weighted by atomic mass is 10.0. The van der Waals surface area contributed by atoms with Crippen LogP contribution in [0.3, 0.4) is 0 Å². The number of aryl methyl sites for hydroxylation is 1. The molecule has 1 aromatic heterocycles. The third-order valence-electron chi connectivity index (χ3n) is 3.99. The van der Waals surface area contributed by atoms with Crippen molar-refractivity contribution >= 4 is 11.8 Å². The molecule has 0 saturated heterocycles. The van der Waals surface area contributed by atoms with Gasteiger partial charge < -0.3 is 11.1 Å². The highest BCUT2D eigenvalue weighted by Crippen LogP contribution is 2.21. The highest BCUT2D eigenvalue weighted by molar-refractivity contribution is 5.51. The van der Waals surface area contributed by atoms with Gasteiger partial charge in [0.2, 0.25) is 5.95 Å². The number of rotatable bonds is 8. The average Bonchev–Trinajstić information content (AvgIpc) is 2.56. The molecule has 0 aliphatic rings. The van der Waals surface area contributed by atoms with Gasteiger partial charge in [0, 0.05) is 24.2 Å². The Balaban J connectivity index is 2.16. The van der Waals surface area contributed by atoms with Crippen molar-refractivity contribution in [2.24, 2.45) is 0 Å². The van der Waals surface area contributed by atoms with Crippen LogP contribution in [-0.2, 0) is 12.8 Å². The second kappa shape index (κ2) is 8.88. The topological polar surface area (TPSA) is 87.6 Å². The highest BCUT2D eigenvalue weighted by Gasteiger charge is 2.11. The van der Waals surface area contributed by atoms with Crippen molar-refractivity contribution in [2.45, 2.75) is 46.0 Å². The van der Waals surface area contributed by atoms with Crippen molar-refractivity contribution in [1.29, 1.82) is 5.26 Å². The van der Waals surface area contributed by atoms with E-state index < -0.39 is 0 Å². The maximum atomic E-state index is 8.76. The second-order valence-electron chi connectivity index (χ2n) is 5.96. The van der Waals surface area contributed by atoms with Crippen LogP contribution in [0.25, 0.3) is 0 Å². The maximum Gasteiger partial charge on any atom is 0.222 e. The summed E-state index contributed by atoms with van der Waals surface area (Å²) in [4.78, 5) is 8.69. The Morgan fingerprint density at radius 2 is 1.83 bits per heavy atom. The third kappa shape index (κ3) is 4.95. The van der Waals surface area contributed by atoms with Gasteiger partial charge in [0.15, 0.2) is 0 Å². The van der Waals surface area contributed by atoms with Gasteiger partial charge in [0.25, 0.3) is 0 Å². The van der Waals surface area contributed by atoms with E-state index in [0.717, 1.165) is 42.0 Å². The SMILES string of the molecule is CCCCCNc1nc(N)nc(C)c1Cc1ccc(CC#N)cc1. The molecule has 0 spiro atoms. The zero-order chi connectivity index (χ0) is 17.4. The minimum atomic E-state index is 0.304. The molecular formula is C19H25N5. The van der Waals surface area contributed by atoms with E-state index in [2.05, 4.69) is 40.4 Å². The predicted molar refractivity (Wildman–Crippen MR) is 97.8 cm³/mol. The molecule has 126 valence electrons. The van der Waals surface area contributed by atoms with E-state index in [4.69, 9.17) is 11.0 Å². The van der Waals surface area contributed by atoms with E-state index in [1.165, 1.54) is 18.4 Å². The Bertz CT molecular complexity index is 701. The fourth-order valence-electron chi connectivity index (χ4n) is 2.63. The second-order valence-corrected chi connectivity index (χ2v) is 5.96. The van der Waals surface area contributed by atoms with Crippen LogP contribution in [0.4, 0.5) is 11.8 Å². The smallest absolute Gasteiger partial charge is 0.222 e. The molecule has 0 amide bonds. The van der Waals surface area contributed by atoms with Crippen molar-refractivity contribution in [2.75, 3.05) is 17.6 Å². The molecule has 5 heteroatoms. The van der Waals surface area contributed by atoms with Gasteiger partial charge in [0.1, 0.15) is 5.82 Å². The van der Waals surface area contributed by atoms with Crippen LogP contribution in [0.15, 0.2) is 24.3 Å². The fraction of sp³-hybridized carbons (Fsp3) is 0.421. The van der Waals surface area contributed by atoms with Gasteiger partial charge in [-0.2, -0.15) is 10.2 Å². The fourth-order valence-corrected chi connectivity index (χ4v) is 2.63. The third-order valence-corrected chi connectivity index (χ3v) is 3.99. The van der Waals surface area contributed by atoms with Gasteiger partial charge in [-0.3, -0.25) is 0 Å². The van der Waals surface area contributed by atoms with Crippen LogP contribution in [0.1, 0.15) is 48.6 Å². The summed E-state index contributed by atoms with van der Waals surface area (Å²) in [5.74, 6) is 1.14. The summed E-state index contributed by atoms with van der Waals surface area (Å²) in [5, 5.41) is 12.2. The number of hydrogen-bond donors (Lipinski definition) is 2. The molecule has 5 nitrogen and oxygen atoms in total. The Labute approximate surface area is 143 Å². The highest BCUT2D eigenvalue weighted by atomic mass is 15.1. The maximum absolute atomic E-state index is 8.76. The van der Waals surface area contributed by atoms with Crippen LogP contribution >= 0.6 is 0 Å². The van der Waals surface area contributed by atoms with Crippen LogP contribution in [0, 0.1) is 18.3 Å². The molecule has 1 aromatic carbocycles. The summed E-state index contributed by atoms with van der Waals surface area (Å²) in [6, 6.07) is 10.3. The van der Waals surface area contributed by atoms with Crippen molar-refractivity contribution in [3.63, 3.8) is 0 Å². The molecular weight excluding hydrogens is 298 g/mol. The van der Waals surface area contributed by atoms with Crippen LogP contribution in [0.2, 0.25) is 0 Å². The molecule has 2 rings (SSSR count). The zero-order valence-corrected chi connectivity index (χ0v) is 14.5. The summed E-state index contributed by atoms with van der Waals surface area (Å²) in [5.41, 5.74) is 10.00. The number of nitrogens with two attached hydrogens (primary N) is 1. The number of hydrogen-bond acceptors (Lipinski definition) is 5. The quantitative estimate of drug-likeness (QED) is 0.724. The van der Waals surface area contributed by atoms with E-state index in [-0.39, 0.29) is 0 Å². The lowest BCUT2D eigenvalue weighted by Crippen LogP contribution is -2.11. The molecule has 0 atom stereocenters. The molecule has 3 N–H and O–H groups in total. The Hall–Kier alpha value is -2.61. The predicted octanol–water partition coefficient (Wildman–Crippen LogP) is 3.63. The summed E-state index contributed by atoms with van der Waals surface area (Å²) in [6.07, 6.45) is 4.68. The van der Waals surface area contributed by atoms with Gasteiger partial charge in [-0.1, -0.05) is 44.0 Å². The number of nitrogens with one attached hydrogen (secondary N) is 1. The number of nitriles is 1. The minimum Gasteiger partial charge on any atom is -0.370 e. The number of nitrogens with zero attached hydrogens (tertiary/aromatic N) is 3. The monoisotopic (exact) mass is 323 g/mol. The van der Waals surface area contributed by atoms with Crippen molar-refractivity contribution < 1.29 is 0 Å². The standard InChI is InChI=1S/C19H25N5/c1-3-4-5-12-22-18-17(14(2)23-19(21)24-18)13-16-8-6-15(7-9-16)10-11-20/h6-9H,3-5,10,12-13H2,1-2H3,(H3,21,22,23,24). The number of anilines is 2. The molecule has 24 heavy (non-hydrogen) atoms. The first-order valence-corrected chi connectivity index (χ1v) is 8.45. The molecule has 2 aromatic rings. The van der Waals surface area contributed by atoms with Gasteiger partial charge in [0.05, 0.1) is 12.5 Å². The average molecular weight is 323 g/mol. The molecule has 1 heterocycles. The molecule has 0 bridgehead atoms. The van der Waals surface area contributed by atoms with E-state index in [0.29, 0.717) is 12.4 Å². The van der Waals surface area contributed by atoms with E-state index in [9.17, 15) is 0 Å². The van der Waals surface area contributed by atoms with Crippen molar-refractivity contribution in [3.8, 4) is 6.07 Å². The molecule has 0 radical (unpaired) electrons. The van der Waals surface area contributed by atoms with Crippen LogP contribution < -0.4 is 11.1 Å². The summed E-state index contributed by atoms with van der Waals surface area (Å²) in [6.45, 7) is 5.04. The lowest BCUT2D eigenvalue weighted by Gasteiger charge is -2.14. The normalized spacial score (nSPS) is 10.4. The van der Waals surface area contributed by atoms with Crippen LogP contribution in [-0.4, -0.2) is 16.5 Å². The summed E-state index contributed by atoms with van der Waals surface area (Å²) in [7, 11) is 0. The van der Waals surface area contributed by atoms with Crippen molar-refractivity contribution in [3.05, 3.63) is 46.6 Å². The first-order chi connectivity index (χ1) is 11.6. The van der Waals surface area contributed by atoms with Gasteiger partial charge in [-0.15, -0.1) is 0 Å². The first kappa shape index (κ1) is 17.7. The van der Waals surface area contributed by atoms with Gasteiger partial charge >= 0.3 is 0 Å². The summed E-state index contributed by atoms with van der Waals surface area (Å²) < 4.78 is 0. The van der Waals surface area contributed by atoms with Gasteiger partial charge in [-0.25, -0.2) is 4.98 Å².